The Morgan fingerprint density at radius 1 is 1.35 bits per heavy atom. The molecule has 0 saturated carbocycles. The molecule has 1 aromatic carbocycles. The third-order valence-corrected chi connectivity index (χ3v) is 3.04. The molecule has 0 radical (unpaired) electrons. The van der Waals surface area contributed by atoms with Crippen LogP contribution in [0.25, 0.3) is 11.3 Å². The molecular weight excluding hydrogens is 283 g/mol. The minimum absolute atomic E-state index is 0.0255. The molecule has 1 heterocycles. The van der Waals surface area contributed by atoms with Crippen molar-refractivity contribution in [2.75, 3.05) is 30.8 Å². The Hall–Kier alpha value is -1.92. The minimum Gasteiger partial charge on any atom is -0.396 e. The molecule has 0 spiro atoms. The number of hydrogen-bond acceptors (Lipinski definition) is 5. The Morgan fingerprint density at radius 2 is 2.10 bits per heavy atom. The van der Waals surface area contributed by atoms with Gasteiger partial charge < -0.3 is 15.7 Å². The van der Waals surface area contributed by atoms with Gasteiger partial charge >= 0.3 is 0 Å². The Kier molecular flexibility index (Phi) is 4.36. The molecule has 0 aliphatic rings. The normalized spacial score (nSPS) is 10.6. The van der Waals surface area contributed by atoms with Crippen LogP contribution in [0.2, 0.25) is 5.02 Å². The quantitative estimate of drug-likeness (QED) is 0.902. The number of aliphatic hydroxyl groups is 1. The highest BCUT2D eigenvalue weighted by molar-refractivity contribution is 6.30. The molecule has 2 rings (SSSR count). The fourth-order valence-electron chi connectivity index (χ4n) is 1.78. The van der Waals surface area contributed by atoms with Crippen molar-refractivity contribution in [3.8, 4) is 11.3 Å². The molecule has 20 heavy (non-hydrogen) atoms. The number of anilines is 2. The summed E-state index contributed by atoms with van der Waals surface area (Å²) in [4.78, 5) is 1.67. The second kappa shape index (κ2) is 6.02. The second-order valence-corrected chi connectivity index (χ2v) is 4.71. The number of aromatic nitrogens is 2. The molecule has 106 valence electrons. The van der Waals surface area contributed by atoms with E-state index in [0.717, 1.165) is 0 Å². The first-order chi connectivity index (χ1) is 9.52. The second-order valence-electron chi connectivity index (χ2n) is 4.28. The van der Waals surface area contributed by atoms with Crippen molar-refractivity contribution in [1.29, 1.82) is 0 Å². The van der Waals surface area contributed by atoms with E-state index in [4.69, 9.17) is 22.4 Å². The fourth-order valence-corrected chi connectivity index (χ4v) is 1.95. The first-order valence-corrected chi connectivity index (χ1v) is 6.31. The zero-order valence-corrected chi connectivity index (χ0v) is 11.6. The van der Waals surface area contributed by atoms with Crippen LogP contribution in [0.5, 0.6) is 0 Å². The van der Waals surface area contributed by atoms with E-state index in [9.17, 15) is 4.39 Å². The summed E-state index contributed by atoms with van der Waals surface area (Å²) in [6.07, 6.45) is 0. The molecule has 0 unspecified atom stereocenters. The van der Waals surface area contributed by atoms with Gasteiger partial charge in [-0.2, -0.15) is 0 Å². The fraction of sp³-hybridized carbons (Fsp3) is 0.231. The monoisotopic (exact) mass is 296 g/mol. The number of nitrogens with two attached hydrogens (primary N) is 1. The molecule has 0 atom stereocenters. The van der Waals surface area contributed by atoms with E-state index in [1.165, 1.54) is 24.3 Å². The van der Waals surface area contributed by atoms with Gasteiger partial charge in [-0.25, -0.2) is 4.39 Å². The Morgan fingerprint density at radius 3 is 2.75 bits per heavy atom. The van der Waals surface area contributed by atoms with Crippen molar-refractivity contribution >= 4 is 23.1 Å². The third-order valence-electron chi connectivity index (χ3n) is 2.80. The van der Waals surface area contributed by atoms with Crippen LogP contribution in [0.4, 0.5) is 15.9 Å². The molecule has 0 saturated heterocycles. The van der Waals surface area contributed by atoms with Crippen LogP contribution >= 0.6 is 11.6 Å². The summed E-state index contributed by atoms with van der Waals surface area (Å²) in [5.41, 5.74) is 6.80. The van der Waals surface area contributed by atoms with Gasteiger partial charge in [-0.1, -0.05) is 11.6 Å². The van der Waals surface area contributed by atoms with Gasteiger partial charge in [0.1, 0.15) is 5.82 Å². The predicted octanol–water partition coefficient (Wildman–Crippen LogP) is 1.95. The molecule has 2 aromatic rings. The molecule has 1 aromatic heterocycles. The van der Waals surface area contributed by atoms with E-state index in [1.807, 2.05) is 0 Å². The zero-order valence-electron chi connectivity index (χ0n) is 10.8. The van der Waals surface area contributed by atoms with Gasteiger partial charge in [0.2, 0.25) is 0 Å². The van der Waals surface area contributed by atoms with Gasteiger partial charge in [0, 0.05) is 24.2 Å². The van der Waals surface area contributed by atoms with Crippen LogP contribution < -0.4 is 10.6 Å². The first kappa shape index (κ1) is 14.5. The molecule has 7 heteroatoms. The van der Waals surface area contributed by atoms with Gasteiger partial charge in [0.25, 0.3) is 0 Å². The lowest BCUT2D eigenvalue weighted by molar-refractivity contribution is 0.304. The average Bonchev–Trinajstić information content (AvgIpc) is 2.41. The smallest absolute Gasteiger partial charge is 0.174 e. The van der Waals surface area contributed by atoms with Crippen molar-refractivity contribution in [2.24, 2.45) is 0 Å². The number of benzene rings is 1. The number of nitrogen functional groups attached to an aromatic ring is 1. The lowest BCUT2D eigenvalue weighted by atomic mass is 10.1. The van der Waals surface area contributed by atoms with Crippen molar-refractivity contribution in [2.45, 2.75) is 0 Å². The van der Waals surface area contributed by atoms with Crippen molar-refractivity contribution in [3.63, 3.8) is 0 Å². The van der Waals surface area contributed by atoms with Crippen LogP contribution in [0, 0.1) is 5.82 Å². The zero-order chi connectivity index (χ0) is 14.7. The molecule has 0 aliphatic carbocycles. The molecule has 0 amide bonds. The van der Waals surface area contributed by atoms with Crippen LogP contribution in [0.3, 0.4) is 0 Å². The SMILES string of the molecule is CN(CCO)c1nnc(-c2cc(Cl)ccc2F)cc1N. The average molecular weight is 297 g/mol. The Balaban J connectivity index is 2.40. The molecule has 0 bridgehead atoms. The maximum atomic E-state index is 13.8. The summed E-state index contributed by atoms with van der Waals surface area (Å²) in [5, 5.41) is 17.2. The van der Waals surface area contributed by atoms with Crippen LogP contribution in [-0.4, -0.2) is 35.5 Å². The number of rotatable bonds is 4. The maximum absolute atomic E-state index is 13.8. The van der Waals surface area contributed by atoms with Crippen LogP contribution in [-0.2, 0) is 0 Å². The lowest BCUT2D eigenvalue weighted by Gasteiger charge is -2.18. The van der Waals surface area contributed by atoms with E-state index in [0.29, 0.717) is 28.8 Å². The van der Waals surface area contributed by atoms with E-state index >= 15 is 0 Å². The molecule has 0 aliphatic heterocycles. The van der Waals surface area contributed by atoms with E-state index in [1.54, 1.807) is 11.9 Å². The number of hydrogen-bond donors (Lipinski definition) is 2. The molecule has 5 nitrogen and oxygen atoms in total. The highest BCUT2D eigenvalue weighted by Gasteiger charge is 2.13. The number of likely N-dealkylation sites (N-methyl/N-ethyl adjacent to an activating group) is 1. The van der Waals surface area contributed by atoms with E-state index < -0.39 is 5.82 Å². The summed E-state index contributed by atoms with van der Waals surface area (Å²) in [6, 6.07) is 5.73. The van der Waals surface area contributed by atoms with Crippen LogP contribution in [0.15, 0.2) is 24.3 Å². The third kappa shape index (κ3) is 2.97. The standard InChI is InChI=1S/C13H14ClFN4O/c1-19(4-5-20)13-11(16)7-12(17-18-13)9-6-8(14)2-3-10(9)15/h2-3,6-7,20H,4-5H2,1H3,(H2,16,17). The summed E-state index contributed by atoms with van der Waals surface area (Å²) >= 11 is 5.85. The molecule has 0 fully saturated rings. The van der Waals surface area contributed by atoms with Gasteiger partial charge in [0.05, 0.1) is 18.0 Å². The Bertz CT molecular complexity index is 623. The topological polar surface area (TPSA) is 75.3 Å². The van der Waals surface area contributed by atoms with Gasteiger partial charge in [-0.05, 0) is 24.3 Å². The van der Waals surface area contributed by atoms with Crippen LogP contribution in [0.1, 0.15) is 0 Å². The van der Waals surface area contributed by atoms with Gasteiger partial charge in [0.15, 0.2) is 5.82 Å². The maximum Gasteiger partial charge on any atom is 0.174 e. The number of nitrogens with zero attached hydrogens (tertiary/aromatic N) is 3. The highest BCUT2D eigenvalue weighted by atomic mass is 35.5. The molecule has 3 N–H and O–H groups in total. The highest BCUT2D eigenvalue weighted by Crippen LogP contribution is 2.28. The molecular formula is C13H14ClFN4O. The van der Waals surface area contributed by atoms with Gasteiger partial charge in [-0.15, -0.1) is 10.2 Å². The minimum atomic E-state index is -0.445. The summed E-state index contributed by atoms with van der Waals surface area (Å²) in [7, 11) is 1.73. The summed E-state index contributed by atoms with van der Waals surface area (Å²) in [5.74, 6) is -0.00945. The number of halogens is 2. The summed E-state index contributed by atoms with van der Waals surface area (Å²) in [6.45, 7) is 0.353. The van der Waals surface area contributed by atoms with Crippen molar-refractivity contribution in [1.82, 2.24) is 10.2 Å². The predicted molar refractivity (Wildman–Crippen MR) is 77.2 cm³/mol. The van der Waals surface area contributed by atoms with Gasteiger partial charge in [-0.3, -0.25) is 0 Å². The largest absolute Gasteiger partial charge is 0.396 e. The Labute approximate surface area is 120 Å². The lowest BCUT2D eigenvalue weighted by Crippen LogP contribution is -2.23. The summed E-state index contributed by atoms with van der Waals surface area (Å²) < 4.78 is 13.8. The first-order valence-electron chi connectivity index (χ1n) is 5.93. The van der Waals surface area contributed by atoms with Crippen molar-refractivity contribution in [3.05, 3.63) is 35.1 Å². The van der Waals surface area contributed by atoms with E-state index in [2.05, 4.69) is 10.2 Å². The van der Waals surface area contributed by atoms with Crippen molar-refractivity contribution < 1.29 is 9.50 Å². The number of aliphatic hydroxyl groups excluding tert-OH is 1. The van der Waals surface area contributed by atoms with E-state index in [-0.39, 0.29) is 12.2 Å².